The number of hydrogen-bond donors (Lipinski definition) is 3. The van der Waals surface area contributed by atoms with Crippen LogP contribution in [0, 0.1) is 5.82 Å². The third kappa shape index (κ3) is 4.84. The summed E-state index contributed by atoms with van der Waals surface area (Å²) in [5, 5.41) is 20.9. The summed E-state index contributed by atoms with van der Waals surface area (Å²) in [7, 11) is 0. The zero-order valence-electron chi connectivity index (χ0n) is 16.3. The Morgan fingerprint density at radius 3 is 2.68 bits per heavy atom. The van der Waals surface area contributed by atoms with Gasteiger partial charge in [0, 0.05) is 19.9 Å². The summed E-state index contributed by atoms with van der Waals surface area (Å²) in [5.74, 6) is -1.49. The number of pyridine rings is 1. The minimum atomic E-state index is -1.67. The molecule has 0 saturated heterocycles. The number of carbonyl (C=O) groups is 2. The standard InChI is InChI=1S/C21H18ClFN2O6/c1-11(27)24-16-9-12(7-13-3-2-4-15(22)18(13)23)8-14-19(16)25(5-6-26)10-17(20(14)28)31-21(29)30/h2-4,8-10,26H,5-7H2,1H3,(H,24,27)(H,29,30). The molecule has 0 aliphatic heterocycles. The van der Waals surface area contributed by atoms with Crippen molar-refractivity contribution in [3.05, 3.63) is 68.7 Å². The first kappa shape index (κ1) is 22.3. The number of hydrogen-bond acceptors (Lipinski definition) is 5. The van der Waals surface area contributed by atoms with Gasteiger partial charge in [0.1, 0.15) is 5.82 Å². The smallest absolute Gasteiger partial charge is 0.449 e. The number of aliphatic hydroxyl groups is 1. The van der Waals surface area contributed by atoms with Crippen LogP contribution >= 0.6 is 11.6 Å². The van der Waals surface area contributed by atoms with Gasteiger partial charge >= 0.3 is 6.16 Å². The maximum Gasteiger partial charge on any atom is 0.511 e. The molecule has 1 aromatic heterocycles. The Bertz CT molecular complexity index is 1240. The molecule has 0 aliphatic rings. The first-order valence-corrected chi connectivity index (χ1v) is 9.51. The van der Waals surface area contributed by atoms with E-state index < -0.39 is 29.1 Å². The molecule has 1 heterocycles. The predicted octanol–water partition coefficient (Wildman–Crippen LogP) is 3.39. The fourth-order valence-electron chi connectivity index (χ4n) is 3.32. The number of nitrogens with zero attached hydrogens (tertiary/aromatic N) is 1. The van der Waals surface area contributed by atoms with Crippen molar-refractivity contribution in [1.29, 1.82) is 0 Å². The van der Waals surface area contributed by atoms with E-state index in [-0.39, 0.29) is 46.7 Å². The lowest BCUT2D eigenvalue weighted by atomic mass is 10.0. The first-order chi connectivity index (χ1) is 14.7. The number of fused-ring (bicyclic) bond motifs is 1. The molecular formula is C21H18ClFN2O6. The number of benzene rings is 2. The fourth-order valence-corrected chi connectivity index (χ4v) is 3.51. The molecule has 31 heavy (non-hydrogen) atoms. The van der Waals surface area contributed by atoms with Crippen LogP contribution < -0.4 is 15.5 Å². The minimum absolute atomic E-state index is 0.00160. The Balaban J connectivity index is 2.28. The van der Waals surface area contributed by atoms with E-state index in [2.05, 4.69) is 10.1 Å². The van der Waals surface area contributed by atoms with Gasteiger partial charge in [-0.25, -0.2) is 9.18 Å². The summed E-state index contributed by atoms with van der Waals surface area (Å²) >= 11 is 5.84. The van der Waals surface area contributed by atoms with E-state index in [1.54, 1.807) is 12.1 Å². The van der Waals surface area contributed by atoms with Crippen molar-refractivity contribution in [3.8, 4) is 5.75 Å². The van der Waals surface area contributed by atoms with Crippen molar-refractivity contribution in [3.63, 3.8) is 0 Å². The number of anilines is 1. The molecule has 0 atom stereocenters. The van der Waals surface area contributed by atoms with Gasteiger partial charge in [0.2, 0.25) is 11.3 Å². The molecule has 0 saturated carbocycles. The number of aliphatic hydroxyl groups excluding tert-OH is 1. The van der Waals surface area contributed by atoms with Gasteiger partial charge in [-0.15, -0.1) is 0 Å². The normalized spacial score (nSPS) is 10.8. The van der Waals surface area contributed by atoms with Crippen LogP contribution in [0.2, 0.25) is 5.02 Å². The lowest BCUT2D eigenvalue weighted by Crippen LogP contribution is -2.19. The van der Waals surface area contributed by atoms with Gasteiger partial charge in [0.25, 0.3) is 0 Å². The summed E-state index contributed by atoms with van der Waals surface area (Å²) in [6.45, 7) is 0.965. The van der Waals surface area contributed by atoms with Gasteiger partial charge < -0.3 is 24.8 Å². The van der Waals surface area contributed by atoms with Crippen molar-refractivity contribution in [2.75, 3.05) is 11.9 Å². The van der Waals surface area contributed by atoms with E-state index in [1.165, 1.54) is 29.7 Å². The number of carbonyl (C=O) groups excluding carboxylic acids is 1. The second-order valence-electron chi connectivity index (χ2n) is 6.72. The van der Waals surface area contributed by atoms with Crippen LogP contribution in [-0.2, 0) is 17.8 Å². The molecule has 3 N–H and O–H groups in total. The average molecular weight is 449 g/mol. The lowest BCUT2D eigenvalue weighted by molar-refractivity contribution is -0.114. The molecule has 3 rings (SSSR count). The number of carboxylic acid groups (broad SMARTS) is 1. The molecule has 10 heteroatoms. The zero-order chi connectivity index (χ0) is 22.7. The van der Waals surface area contributed by atoms with Gasteiger partial charge in [-0.2, -0.15) is 0 Å². The van der Waals surface area contributed by atoms with Crippen molar-refractivity contribution in [1.82, 2.24) is 4.57 Å². The molecule has 0 bridgehead atoms. The number of halogens is 2. The zero-order valence-corrected chi connectivity index (χ0v) is 17.1. The molecule has 0 aliphatic carbocycles. The Hall–Kier alpha value is -3.43. The third-order valence-corrected chi connectivity index (χ3v) is 4.77. The maximum atomic E-state index is 14.4. The second kappa shape index (κ2) is 9.15. The quantitative estimate of drug-likeness (QED) is 0.497. The molecule has 3 aromatic rings. The van der Waals surface area contributed by atoms with Crippen LogP contribution in [-0.4, -0.2) is 33.4 Å². The summed E-state index contributed by atoms with van der Waals surface area (Å²) in [6, 6.07) is 7.58. The van der Waals surface area contributed by atoms with Crippen LogP contribution in [0.25, 0.3) is 10.9 Å². The number of ether oxygens (including phenoxy) is 1. The van der Waals surface area contributed by atoms with E-state index >= 15 is 0 Å². The molecule has 2 aromatic carbocycles. The molecule has 0 spiro atoms. The largest absolute Gasteiger partial charge is 0.511 e. The monoisotopic (exact) mass is 448 g/mol. The Kier molecular flexibility index (Phi) is 6.57. The van der Waals surface area contributed by atoms with Gasteiger partial charge in [0.05, 0.1) is 34.4 Å². The van der Waals surface area contributed by atoms with Crippen LogP contribution in [0.15, 0.2) is 41.3 Å². The van der Waals surface area contributed by atoms with E-state index in [9.17, 15) is 23.9 Å². The van der Waals surface area contributed by atoms with Crippen LogP contribution in [0.5, 0.6) is 5.75 Å². The molecule has 0 radical (unpaired) electrons. The first-order valence-electron chi connectivity index (χ1n) is 9.13. The predicted molar refractivity (Wildman–Crippen MR) is 112 cm³/mol. The Morgan fingerprint density at radius 2 is 2.03 bits per heavy atom. The van der Waals surface area contributed by atoms with Crippen LogP contribution in [0.4, 0.5) is 14.9 Å². The number of aromatic nitrogens is 1. The average Bonchev–Trinajstić information content (AvgIpc) is 2.68. The van der Waals surface area contributed by atoms with Crippen molar-refractivity contribution >= 4 is 40.3 Å². The summed E-state index contributed by atoms with van der Waals surface area (Å²) in [4.78, 5) is 35.7. The van der Waals surface area contributed by atoms with Crippen molar-refractivity contribution in [2.45, 2.75) is 19.9 Å². The van der Waals surface area contributed by atoms with Gasteiger partial charge in [-0.3, -0.25) is 9.59 Å². The molecule has 0 fully saturated rings. The highest BCUT2D eigenvalue weighted by Crippen LogP contribution is 2.29. The van der Waals surface area contributed by atoms with Gasteiger partial charge in [0.15, 0.2) is 5.75 Å². The van der Waals surface area contributed by atoms with Crippen LogP contribution in [0.3, 0.4) is 0 Å². The van der Waals surface area contributed by atoms with Gasteiger partial charge in [-0.1, -0.05) is 23.7 Å². The van der Waals surface area contributed by atoms with E-state index in [1.807, 2.05) is 0 Å². The highest BCUT2D eigenvalue weighted by atomic mass is 35.5. The highest BCUT2D eigenvalue weighted by Gasteiger charge is 2.18. The van der Waals surface area contributed by atoms with Crippen molar-refractivity contribution < 1.29 is 28.9 Å². The van der Waals surface area contributed by atoms with E-state index in [0.29, 0.717) is 5.56 Å². The summed E-state index contributed by atoms with van der Waals surface area (Å²) < 4.78 is 20.4. The summed E-state index contributed by atoms with van der Waals surface area (Å²) in [6.07, 6.45) is -0.471. The highest BCUT2D eigenvalue weighted by molar-refractivity contribution is 6.30. The second-order valence-corrected chi connectivity index (χ2v) is 7.13. The van der Waals surface area contributed by atoms with Gasteiger partial charge in [-0.05, 0) is 29.3 Å². The topological polar surface area (TPSA) is 118 Å². The minimum Gasteiger partial charge on any atom is -0.449 e. The number of amides is 1. The SMILES string of the molecule is CC(=O)Nc1cc(Cc2cccc(Cl)c2F)cc2c(=O)c(OC(=O)O)cn(CCO)c12. The van der Waals surface area contributed by atoms with E-state index in [0.717, 1.165) is 6.20 Å². The number of rotatable bonds is 6. The van der Waals surface area contributed by atoms with E-state index in [4.69, 9.17) is 16.7 Å². The Labute approximate surface area is 180 Å². The molecule has 0 unspecified atom stereocenters. The molecule has 1 amide bonds. The fraction of sp³-hybridized carbons (Fsp3) is 0.190. The number of nitrogens with one attached hydrogen (secondary N) is 1. The summed E-state index contributed by atoms with van der Waals surface area (Å²) in [5.41, 5.74) is 0.524. The third-order valence-electron chi connectivity index (χ3n) is 4.47. The van der Waals surface area contributed by atoms with Crippen LogP contribution in [0.1, 0.15) is 18.1 Å². The molecule has 8 nitrogen and oxygen atoms in total. The van der Waals surface area contributed by atoms with Crippen molar-refractivity contribution in [2.24, 2.45) is 0 Å². The molecular weight excluding hydrogens is 431 g/mol. The Morgan fingerprint density at radius 1 is 1.29 bits per heavy atom. The maximum absolute atomic E-state index is 14.4. The lowest BCUT2D eigenvalue weighted by Gasteiger charge is -2.17. The molecule has 162 valence electrons.